The van der Waals surface area contributed by atoms with Gasteiger partial charge in [-0.05, 0) is 30.5 Å². The van der Waals surface area contributed by atoms with E-state index in [9.17, 15) is 13.2 Å². The Balaban J connectivity index is 3.23. The second-order valence-corrected chi connectivity index (χ2v) is 3.53. The molecule has 0 saturated carbocycles. The fourth-order valence-corrected chi connectivity index (χ4v) is 1.58. The van der Waals surface area contributed by atoms with Gasteiger partial charge in [0.2, 0.25) is 0 Å². The summed E-state index contributed by atoms with van der Waals surface area (Å²) in [7, 11) is 0. The molecule has 0 aliphatic carbocycles. The van der Waals surface area contributed by atoms with Crippen LogP contribution in [0.1, 0.15) is 36.1 Å². The van der Waals surface area contributed by atoms with Gasteiger partial charge in [0.25, 0.3) is 0 Å². The van der Waals surface area contributed by atoms with Gasteiger partial charge in [-0.25, -0.2) is 0 Å². The van der Waals surface area contributed by atoms with E-state index in [1.54, 1.807) is 6.07 Å². The summed E-state index contributed by atoms with van der Waals surface area (Å²) in [4.78, 5) is 0. The van der Waals surface area contributed by atoms with E-state index in [2.05, 4.69) is 0 Å². The van der Waals surface area contributed by atoms with Crippen LogP contribution in [0.25, 0.3) is 0 Å². The molecule has 0 fully saturated rings. The summed E-state index contributed by atoms with van der Waals surface area (Å²) in [5.41, 5.74) is 5.96. The maximum Gasteiger partial charge on any atom is 0.416 e. The standard InChI is InChI=1S/C11H14F3N/c1-3-10(15)8-5-4-6-9(7(8)2)11(12,13)14/h4-6,10H,3,15H2,1-2H3. The van der Waals surface area contributed by atoms with Gasteiger partial charge < -0.3 is 5.73 Å². The van der Waals surface area contributed by atoms with Crippen molar-refractivity contribution in [1.82, 2.24) is 0 Å². The topological polar surface area (TPSA) is 26.0 Å². The predicted octanol–water partition coefficient (Wildman–Crippen LogP) is 3.42. The highest BCUT2D eigenvalue weighted by molar-refractivity contribution is 5.37. The summed E-state index contributed by atoms with van der Waals surface area (Å²) in [6, 6.07) is 3.81. The highest BCUT2D eigenvalue weighted by atomic mass is 19.4. The number of rotatable bonds is 2. The summed E-state index contributed by atoms with van der Waals surface area (Å²) >= 11 is 0. The lowest BCUT2D eigenvalue weighted by Crippen LogP contribution is -2.14. The summed E-state index contributed by atoms with van der Waals surface area (Å²) in [5, 5.41) is 0. The number of nitrogens with two attached hydrogens (primary N) is 1. The van der Waals surface area contributed by atoms with Gasteiger partial charge >= 0.3 is 6.18 Å². The lowest BCUT2D eigenvalue weighted by atomic mass is 9.96. The van der Waals surface area contributed by atoms with Crippen LogP contribution in [0.15, 0.2) is 18.2 Å². The number of hydrogen-bond acceptors (Lipinski definition) is 1. The molecular formula is C11H14F3N. The van der Waals surface area contributed by atoms with Crippen LogP contribution in [0, 0.1) is 6.92 Å². The Bertz CT molecular complexity index is 344. The van der Waals surface area contributed by atoms with Crippen molar-refractivity contribution in [2.75, 3.05) is 0 Å². The third-order valence-electron chi connectivity index (χ3n) is 2.52. The van der Waals surface area contributed by atoms with Crippen LogP contribution < -0.4 is 5.73 Å². The largest absolute Gasteiger partial charge is 0.416 e. The number of alkyl halides is 3. The summed E-state index contributed by atoms with van der Waals surface area (Å²) in [6.07, 6.45) is -3.67. The summed E-state index contributed by atoms with van der Waals surface area (Å²) in [6.45, 7) is 3.32. The third-order valence-corrected chi connectivity index (χ3v) is 2.52. The van der Waals surface area contributed by atoms with E-state index in [1.807, 2.05) is 6.92 Å². The van der Waals surface area contributed by atoms with Crippen molar-refractivity contribution in [3.8, 4) is 0 Å². The second kappa shape index (κ2) is 4.23. The van der Waals surface area contributed by atoms with Crippen molar-refractivity contribution < 1.29 is 13.2 Å². The van der Waals surface area contributed by atoms with E-state index in [-0.39, 0.29) is 11.6 Å². The van der Waals surface area contributed by atoms with Gasteiger partial charge in [-0.1, -0.05) is 19.1 Å². The first-order valence-corrected chi connectivity index (χ1v) is 4.80. The van der Waals surface area contributed by atoms with Crippen molar-refractivity contribution in [1.29, 1.82) is 0 Å². The Labute approximate surface area is 87.1 Å². The Morgan fingerprint density at radius 3 is 2.40 bits per heavy atom. The molecule has 0 bridgehead atoms. The van der Waals surface area contributed by atoms with Gasteiger partial charge in [-0.3, -0.25) is 0 Å². The number of hydrogen-bond donors (Lipinski definition) is 1. The number of benzene rings is 1. The van der Waals surface area contributed by atoms with Gasteiger partial charge in [0.15, 0.2) is 0 Å². The number of halogens is 3. The molecule has 1 atom stereocenters. The molecule has 0 heterocycles. The van der Waals surface area contributed by atoms with E-state index in [0.29, 0.717) is 12.0 Å². The average Bonchev–Trinajstić information content (AvgIpc) is 2.15. The molecule has 0 amide bonds. The van der Waals surface area contributed by atoms with E-state index in [1.165, 1.54) is 13.0 Å². The smallest absolute Gasteiger partial charge is 0.324 e. The van der Waals surface area contributed by atoms with Crippen molar-refractivity contribution >= 4 is 0 Å². The average molecular weight is 217 g/mol. The Morgan fingerprint density at radius 1 is 1.33 bits per heavy atom. The van der Waals surface area contributed by atoms with E-state index < -0.39 is 11.7 Å². The minimum absolute atomic E-state index is 0.236. The first-order chi connectivity index (χ1) is 6.88. The molecule has 1 aromatic rings. The van der Waals surface area contributed by atoms with E-state index in [4.69, 9.17) is 5.73 Å². The van der Waals surface area contributed by atoms with Crippen molar-refractivity contribution in [2.24, 2.45) is 5.73 Å². The first-order valence-electron chi connectivity index (χ1n) is 4.80. The van der Waals surface area contributed by atoms with Crippen LogP contribution in [0.4, 0.5) is 13.2 Å². The molecule has 0 aliphatic rings. The minimum atomic E-state index is -4.30. The molecule has 84 valence electrons. The van der Waals surface area contributed by atoms with Gasteiger partial charge in [-0.2, -0.15) is 13.2 Å². The van der Waals surface area contributed by atoms with Crippen LogP contribution in [0.2, 0.25) is 0 Å². The van der Waals surface area contributed by atoms with Crippen molar-refractivity contribution in [3.63, 3.8) is 0 Å². The van der Waals surface area contributed by atoms with Crippen LogP contribution in [0.3, 0.4) is 0 Å². The lowest BCUT2D eigenvalue weighted by Gasteiger charge is -2.17. The highest BCUT2D eigenvalue weighted by Gasteiger charge is 2.33. The molecule has 0 saturated heterocycles. The lowest BCUT2D eigenvalue weighted by molar-refractivity contribution is -0.138. The molecule has 2 N–H and O–H groups in total. The molecule has 0 aliphatic heterocycles. The van der Waals surface area contributed by atoms with Gasteiger partial charge in [0.05, 0.1) is 5.56 Å². The molecule has 1 nitrogen and oxygen atoms in total. The van der Waals surface area contributed by atoms with Gasteiger partial charge in [0.1, 0.15) is 0 Å². The molecule has 0 spiro atoms. The normalized spacial score (nSPS) is 14.0. The SMILES string of the molecule is CCC(N)c1cccc(C(F)(F)F)c1C. The van der Waals surface area contributed by atoms with Crippen LogP contribution in [0.5, 0.6) is 0 Å². The van der Waals surface area contributed by atoms with Gasteiger partial charge in [-0.15, -0.1) is 0 Å². The van der Waals surface area contributed by atoms with Crippen molar-refractivity contribution in [3.05, 3.63) is 34.9 Å². The molecule has 1 rings (SSSR count). The maximum atomic E-state index is 12.6. The zero-order valence-corrected chi connectivity index (χ0v) is 8.73. The molecule has 1 aromatic carbocycles. The molecule has 15 heavy (non-hydrogen) atoms. The zero-order valence-electron chi connectivity index (χ0n) is 8.73. The maximum absolute atomic E-state index is 12.6. The minimum Gasteiger partial charge on any atom is -0.324 e. The Morgan fingerprint density at radius 2 is 1.93 bits per heavy atom. The summed E-state index contributed by atoms with van der Waals surface area (Å²) < 4.78 is 37.7. The molecule has 0 aromatic heterocycles. The first kappa shape index (κ1) is 12.0. The third kappa shape index (κ3) is 2.50. The Kier molecular flexibility index (Phi) is 3.39. The fourth-order valence-electron chi connectivity index (χ4n) is 1.58. The second-order valence-electron chi connectivity index (χ2n) is 3.53. The molecule has 4 heteroatoms. The van der Waals surface area contributed by atoms with Crippen molar-refractivity contribution in [2.45, 2.75) is 32.5 Å². The predicted molar refractivity (Wildman–Crippen MR) is 53.4 cm³/mol. The monoisotopic (exact) mass is 217 g/mol. The summed E-state index contributed by atoms with van der Waals surface area (Å²) in [5.74, 6) is 0. The van der Waals surface area contributed by atoms with E-state index >= 15 is 0 Å². The van der Waals surface area contributed by atoms with E-state index in [0.717, 1.165) is 6.07 Å². The van der Waals surface area contributed by atoms with Crippen LogP contribution >= 0.6 is 0 Å². The van der Waals surface area contributed by atoms with Crippen LogP contribution in [-0.4, -0.2) is 0 Å². The molecule has 0 radical (unpaired) electrons. The van der Waals surface area contributed by atoms with Gasteiger partial charge in [0, 0.05) is 6.04 Å². The quantitative estimate of drug-likeness (QED) is 0.807. The highest BCUT2D eigenvalue weighted by Crippen LogP contribution is 2.34. The Hall–Kier alpha value is -1.03. The zero-order chi connectivity index (χ0) is 11.6. The van der Waals surface area contributed by atoms with Crippen LogP contribution in [-0.2, 0) is 6.18 Å². The fraction of sp³-hybridized carbons (Fsp3) is 0.455. The molecular weight excluding hydrogens is 203 g/mol. The molecule has 1 unspecified atom stereocenters.